The maximum absolute atomic E-state index is 12.8. The van der Waals surface area contributed by atoms with Crippen LogP contribution in [0.5, 0.6) is 0 Å². The fourth-order valence-corrected chi connectivity index (χ4v) is 7.04. The molecule has 0 aliphatic carbocycles. The van der Waals surface area contributed by atoms with Crippen molar-refractivity contribution >= 4 is 12.3 Å². The van der Waals surface area contributed by atoms with Gasteiger partial charge in [-0.2, -0.15) is 0 Å². The number of nitrogens with zero attached hydrogens (tertiary/aromatic N) is 1. The summed E-state index contributed by atoms with van der Waals surface area (Å²) in [6.07, 6.45) is -4.00. The van der Waals surface area contributed by atoms with Crippen LogP contribution in [0.1, 0.15) is 66.7 Å². The minimum Gasteiger partial charge on any atom is -0.462 e. The molecule has 3 aliphatic rings. The van der Waals surface area contributed by atoms with Crippen molar-refractivity contribution in [1.29, 1.82) is 0 Å². The topological polar surface area (TPSA) is 194 Å². The lowest BCUT2D eigenvalue weighted by Crippen LogP contribution is -2.65. The van der Waals surface area contributed by atoms with Crippen molar-refractivity contribution in [3.8, 4) is 0 Å². The first-order valence-corrected chi connectivity index (χ1v) is 17.2. The third-order valence-corrected chi connectivity index (χ3v) is 9.83. The highest BCUT2D eigenvalue weighted by molar-refractivity contribution is 5.70. The molecule has 282 valence electrons. The van der Waals surface area contributed by atoms with E-state index in [0.29, 0.717) is 6.42 Å². The molecule has 0 bridgehead atoms. The van der Waals surface area contributed by atoms with Gasteiger partial charge in [0.2, 0.25) is 0 Å². The predicted molar refractivity (Wildman–Crippen MR) is 177 cm³/mol. The summed E-state index contributed by atoms with van der Waals surface area (Å²) in [7, 11) is 4.86. The number of methoxy groups -OCH3 is 1. The van der Waals surface area contributed by atoms with E-state index in [2.05, 4.69) is 0 Å². The van der Waals surface area contributed by atoms with Crippen molar-refractivity contribution in [2.24, 2.45) is 11.8 Å². The standard InChI is InChI=1S/C35H59NO13/c1-19-16-23(14-15-37)31(32(44-8)25(39)17-26(40)45-20(2)12-10-9-11-13-24(19)38)49-34-29(41)28(36(6)7)30(21(3)47-34)48-27-18-35(5,43)33(42)22(4)46-27/h9-11,13,15,19-25,27-34,38-39,41-43H,12,14,16-18H2,1-8H3/b10-9-,13-11+/t19?,20?,21-,22-,23?,24?,25?,27?,28-,29-,30-,31?,32?,33-,34?,35+/m1/s1. The van der Waals surface area contributed by atoms with Crippen LogP contribution in [-0.2, 0) is 38.0 Å². The average molecular weight is 702 g/mol. The zero-order chi connectivity index (χ0) is 36.6. The summed E-state index contributed by atoms with van der Waals surface area (Å²) in [6, 6.07) is -0.721. The highest BCUT2D eigenvalue weighted by atomic mass is 16.7. The van der Waals surface area contributed by atoms with Gasteiger partial charge < -0.3 is 63.6 Å². The number of hydrogen-bond donors (Lipinski definition) is 5. The first kappa shape index (κ1) is 41.6. The van der Waals surface area contributed by atoms with E-state index in [1.807, 2.05) is 13.0 Å². The van der Waals surface area contributed by atoms with Crippen molar-refractivity contribution in [2.45, 2.75) is 152 Å². The Kier molecular flexibility index (Phi) is 15.8. The number of esters is 1. The first-order valence-electron chi connectivity index (χ1n) is 17.2. The van der Waals surface area contributed by atoms with Crippen molar-refractivity contribution in [1.82, 2.24) is 4.90 Å². The largest absolute Gasteiger partial charge is 0.462 e. The fourth-order valence-electron chi connectivity index (χ4n) is 7.04. The van der Waals surface area contributed by atoms with E-state index in [9.17, 15) is 35.1 Å². The van der Waals surface area contributed by atoms with Gasteiger partial charge in [-0.1, -0.05) is 31.2 Å². The predicted octanol–water partition coefficient (Wildman–Crippen LogP) is 0.846. The molecule has 14 heteroatoms. The van der Waals surface area contributed by atoms with E-state index < -0.39 is 104 Å². The number of aldehydes is 1. The molecule has 9 unspecified atom stereocenters. The number of cyclic esters (lactones) is 1. The van der Waals surface area contributed by atoms with Gasteiger partial charge in [-0.05, 0) is 60.0 Å². The minimum atomic E-state index is -1.46. The van der Waals surface area contributed by atoms with E-state index in [0.717, 1.165) is 6.29 Å². The molecule has 49 heavy (non-hydrogen) atoms. The van der Waals surface area contributed by atoms with Gasteiger partial charge in [0.15, 0.2) is 12.6 Å². The van der Waals surface area contributed by atoms with Crippen LogP contribution in [0.3, 0.4) is 0 Å². The average Bonchev–Trinajstić information content (AvgIpc) is 3.00. The Morgan fingerprint density at radius 1 is 1.00 bits per heavy atom. The van der Waals surface area contributed by atoms with Crippen LogP contribution in [0.15, 0.2) is 24.3 Å². The van der Waals surface area contributed by atoms with E-state index in [1.165, 1.54) is 14.0 Å². The Morgan fingerprint density at radius 3 is 2.31 bits per heavy atom. The van der Waals surface area contributed by atoms with Crippen LogP contribution in [0, 0.1) is 11.8 Å². The number of likely N-dealkylation sites (N-methyl/N-ethyl adjacent to an activating group) is 1. The zero-order valence-electron chi connectivity index (χ0n) is 30.0. The van der Waals surface area contributed by atoms with E-state index in [4.69, 9.17) is 28.4 Å². The summed E-state index contributed by atoms with van der Waals surface area (Å²) in [6.45, 7) is 8.44. The second kappa shape index (κ2) is 18.6. The molecular weight excluding hydrogens is 642 g/mol. The van der Waals surface area contributed by atoms with Crippen LogP contribution in [0.2, 0.25) is 0 Å². The number of aliphatic hydroxyl groups excluding tert-OH is 4. The number of carbonyl (C=O) groups is 2. The summed E-state index contributed by atoms with van der Waals surface area (Å²) in [5, 5.41) is 55.2. The van der Waals surface area contributed by atoms with Crippen LogP contribution >= 0.6 is 0 Å². The van der Waals surface area contributed by atoms with Crippen LogP contribution in [0.4, 0.5) is 0 Å². The summed E-state index contributed by atoms with van der Waals surface area (Å²) >= 11 is 0. The number of carbonyl (C=O) groups excluding carboxylic acids is 2. The van der Waals surface area contributed by atoms with Crippen LogP contribution < -0.4 is 0 Å². The van der Waals surface area contributed by atoms with Gasteiger partial charge in [0.05, 0.1) is 48.6 Å². The van der Waals surface area contributed by atoms with Gasteiger partial charge in [-0.25, -0.2) is 0 Å². The normalized spacial score (nSPS) is 46.2. The molecule has 0 aromatic rings. The molecule has 0 amide bonds. The molecular formula is C35H59NO13. The number of ether oxygens (including phenoxy) is 6. The van der Waals surface area contributed by atoms with Gasteiger partial charge in [-0.3, -0.25) is 4.79 Å². The number of rotatable bonds is 8. The van der Waals surface area contributed by atoms with Crippen LogP contribution in [-0.4, -0.2) is 149 Å². The number of allylic oxidation sites excluding steroid dienone is 2. The molecule has 0 spiro atoms. The summed E-state index contributed by atoms with van der Waals surface area (Å²) in [5.74, 6) is -1.64. The molecule has 0 saturated carbocycles. The molecule has 16 atom stereocenters. The lowest BCUT2D eigenvalue weighted by Gasteiger charge is -2.50. The number of aliphatic hydroxyl groups is 5. The van der Waals surface area contributed by atoms with Crippen molar-refractivity contribution in [3.63, 3.8) is 0 Å². The molecule has 3 heterocycles. The summed E-state index contributed by atoms with van der Waals surface area (Å²) in [4.78, 5) is 26.6. The molecule has 0 radical (unpaired) electrons. The van der Waals surface area contributed by atoms with Gasteiger partial charge in [-0.15, -0.1) is 0 Å². The highest BCUT2D eigenvalue weighted by Gasteiger charge is 2.51. The Labute approximate surface area is 289 Å². The lowest BCUT2D eigenvalue weighted by molar-refractivity contribution is -0.344. The maximum atomic E-state index is 12.8. The highest BCUT2D eigenvalue weighted by Crippen LogP contribution is 2.36. The third-order valence-electron chi connectivity index (χ3n) is 9.83. The van der Waals surface area contributed by atoms with Gasteiger partial charge in [0, 0.05) is 26.4 Å². The second-order valence-corrected chi connectivity index (χ2v) is 14.3. The maximum Gasteiger partial charge on any atom is 0.308 e. The summed E-state index contributed by atoms with van der Waals surface area (Å²) in [5.41, 5.74) is -1.46. The minimum absolute atomic E-state index is 0.0164. The Morgan fingerprint density at radius 2 is 1.69 bits per heavy atom. The van der Waals surface area contributed by atoms with Gasteiger partial charge >= 0.3 is 5.97 Å². The van der Waals surface area contributed by atoms with E-state index >= 15 is 0 Å². The van der Waals surface area contributed by atoms with Crippen molar-refractivity contribution < 1.29 is 63.5 Å². The zero-order valence-corrected chi connectivity index (χ0v) is 30.0. The molecule has 2 saturated heterocycles. The second-order valence-electron chi connectivity index (χ2n) is 14.3. The van der Waals surface area contributed by atoms with E-state index in [1.54, 1.807) is 58.0 Å². The molecule has 2 fully saturated rings. The Balaban J connectivity index is 1.94. The molecule has 3 aliphatic heterocycles. The molecule has 0 aromatic carbocycles. The number of hydrogen-bond acceptors (Lipinski definition) is 14. The molecule has 3 rings (SSSR count). The Hall–Kier alpha value is -1.82. The fraction of sp³-hybridized carbons (Fsp3) is 0.829. The third kappa shape index (κ3) is 11.1. The van der Waals surface area contributed by atoms with Crippen molar-refractivity contribution in [2.75, 3.05) is 21.2 Å². The van der Waals surface area contributed by atoms with Gasteiger partial charge in [0.1, 0.15) is 36.8 Å². The molecule has 0 aromatic heterocycles. The lowest BCUT2D eigenvalue weighted by atomic mass is 9.82. The molecule has 14 nitrogen and oxygen atoms in total. The quantitative estimate of drug-likeness (QED) is 0.177. The van der Waals surface area contributed by atoms with Gasteiger partial charge in [0.25, 0.3) is 0 Å². The van der Waals surface area contributed by atoms with E-state index in [-0.39, 0.29) is 25.2 Å². The molecule has 5 N–H and O–H groups in total. The smallest absolute Gasteiger partial charge is 0.308 e. The summed E-state index contributed by atoms with van der Waals surface area (Å²) < 4.78 is 36.1. The van der Waals surface area contributed by atoms with Crippen LogP contribution in [0.25, 0.3) is 0 Å². The van der Waals surface area contributed by atoms with Crippen molar-refractivity contribution in [3.05, 3.63) is 24.3 Å². The first-order chi connectivity index (χ1) is 23.0. The Bertz CT molecular complexity index is 1100. The SMILES string of the molecule is COC1C(O)CC(=O)OC(C)C/C=C\C=C\C(O)C(C)CC(CC=O)C1OC1O[C@H](C)[C@@H](OC2C[C@](C)(O)[C@H](O)[C@@H](C)O2)[C@H](N(C)C)[C@H]1O. The monoisotopic (exact) mass is 701 g/mol.